The van der Waals surface area contributed by atoms with Crippen molar-refractivity contribution in [2.45, 2.75) is 25.7 Å². The van der Waals surface area contributed by atoms with Gasteiger partial charge in [0.1, 0.15) is 5.65 Å². The van der Waals surface area contributed by atoms with Gasteiger partial charge in [0.2, 0.25) is 0 Å². The maximum Gasteiger partial charge on any atom is 0.272 e. The van der Waals surface area contributed by atoms with Gasteiger partial charge in [-0.2, -0.15) is 9.19 Å². The standard InChI is InChI=1S/C29H22FN5O3S/c1-17-6-10-21(11-7-17)39(38)34-25-12-8-18(2)27(23(25)16-32-34)28-19(3)33(29-22(28)5-4-14-31-29)26-13-9-20(35(36)37)15-24(26)30/h4-16H,1-3H3. The van der Waals surface area contributed by atoms with E-state index in [0.717, 1.165) is 39.1 Å². The zero-order valence-electron chi connectivity index (χ0n) is 21.3. The monoisotopic (exact) mass is 539 g/mol. The Balaban J connectivity index is 1.59. The number of aryl methyl sites for hydroxylation is 2. The minimum absolute atomic E-state index is 0.161. The van der Waals surface area contributed by atoms with E-state index in [1.165, 1.54) is 16.2 Å². The van der Waals surface area contributed by atoms with Crippen molar-refractivity contribution in [3.05, 3.63) is 112 Å². The first-order valence-electron chi connectivity index (χ1n) is 12.1. The topological polar surface area (TPSA) is 95.8 Å². The highest BCUT2D eigenvalue weighted by Gasteiger charge is 2.24. The quantitative estimate of drug-likeness (QED) is 0.182. The van der Waals surface area contributed by atoms with Crippen molar-refractivity contribution in [1.82, 2.24) is 18.7 Å². The smallest absolute Gasteiger partial charge is 0.272 e. The summed E-state index contributed by atoms with van der Waals surface area (Å²) in [6, 6.07) is 18.7. The van der Waals surface area contributed by atoms with Crippen LogP contribution in [0.25, 0.3) is 38.8 Å². The van der Waals surface area contributed by atoms with Crippen LogP contribution in [0.15, 0.2) is 84.0 Å². The zero-order chi connectivity index (χ0) is 27.4. The van der Waals surface area contributed by atoms with Crippen LogP contribution >= 0.6 is 0 Å². The number of halogens is 1. The van der Waals surface area contributed by atoms with Crippen LogP contribution in [0.5, 0.6) is 0 Å². The average molecular weight is 540 g/mol. The molecule has 6 rings (SSSR count). The van der Waals surface area contributed by atoms with Gasteiger partial charge in [-0.1, -0.05) is 23.8 Å². The molecular formula is C29H22FN5O3S. The average Bonchev–Trinajstić information content (AvgIpc) is 3.47. The molecule has 0 amide bonds. The number of nitrogens with zero attached hydrogens (tertiary/aromatic N) is 5. The lowest BCUT2D eigenvalue weighted by molar-refractivity contribution is -0.385. The predicted molar refractivity (Wildman–Crippen MR) is 149 cm³/mol. The fourth-order valence-corrected chi connectivity index (χ4v) is 6.08. The molecule has 3 aromatic heterocycles. The van der Waals surface area contributed by atoms with E-state index in [2.05, 4.69) is 10.1 Å². The van der Waals surface area contributed by atoms with Gasteiger partial charge in [-0.3, -0.25) is 14.7 Å². The number of benzene rings is 3. The van der Waals surface area contributed by atoms with Gasteiger partial charge in [0.25, 0.3) is 5.69 Å². The predicted octanol–water partition coefficient (Wildman–Crippen LogP) is 6.59. The first kappa shape index (κ1) is 24.6. The van der Waals surface area contributed by atoms with Gasteiger partial charge in [0.15, 0.2) is 16.8 Å². The summed E-state index contributed by atoms with van der Waals surface area (Å²) in [7, 11) is -1.55. The van der Waals surface area contributed by atoms with E-state index in [1.807, 2.05) is 69.3 Å². The molecule has 8 nitrogen and oxygen atoms in total. The van der Waals surface area contributed by atoms with Crippen LogP contribution in [0.4, 0.5) is 10.1 Å². The second-order valence-electron chi connectivity index (χ2n) is 9.33. The van der Waals surface area contributed by atoms with E-state index in [0.29, 0.717) is 21.8 Å². The Bertz CT molecular complexity index is 1960. The Labute approximate surface area is 225 Å². The molecule has 0 saturated carbocycles. The Morgan fingerprint density at radius 3 is 2.44 bits per heavy atom. The van der Waals surface area contributed by atoms with Crippen molar-refractivity contribution in [3.8, 4) is 16.8 Å². The van der Waals surface area contributed by atoms with Crippen LogP contribution < -0.4 is 0 Å². The number of aromatic nitrogens is 4. The first-order valence-corrected chi connectivity index (χ1v) is 13.2. The molecule has 0 saturated heterocycles. The van der Waals surface area contributed by atoms with Crippen LogP contribution in [0.1, 0.15) is 16.8 Å². The summed E-state index contributed by atoms with van der Waals surface area (Å²) in [5.41, 5.74) is 5.49. The van der Waals surface area contributed by atoms with E-state index in [4.69, 9.17) is 0 Å². The molecule has 10 heteroatoms. The molecule has 0 radical (unpaired) electrons. The highest BCUT2D eigenvalue weighted by Crippen LogP contribution is 2.41. The molecule has 39 heavy (non-hydrogen) atoms. The Morgan fingerprint density at radius 2 is 1.72 bits per heavy atom. The van der Waals surface area contributed by atoms with Crippen molar-refractivity contribution < 1.29 is 13.5 Å². The molecule has 0 spiro atoms. The summed E-state index contributed by atoms with van der Waals surface area (Å²) < 4.78 is 31.9. The number of fused-ring (bicyclic) bond motifs is 2. The number of non-ortho nitro benzene ring substituents is 1. The Hall–Kier alpha value is -4.70. The fraction of sp³-hybridized carbons (Fsp3) is 0.103. The molecular weight excluding hydrogens is 517 g/mol. The van der Waals surface area contributed by atoms with Crippen LogP contribution in [-0.2, 0) is 11.0 Å². The molecule has 1 unspecified atom stereocenters. The summed E-state index contributed by atoms with van der Waals surface area (Å²) >= 11 is 0. The van der Waals surface area contributed by atoms with E-state index < -0.39 is 21.7 Å². The molecule has 1 atom stereocenters. The SMILES string of the molecule is Cc1ccc(S(=O)n2ncc3c(-c4c(C)n(-c5ccc([N+](=O)[O-])cc5F)c5ncccc45)c(C)ccc32)cc1. The number of nitro benzene ring substituents is 1. The Kier molecular flexibility index (Phi) is 5.84. The van der Waals surface area contributed by atoms with Crippen LogP contribution in [-0.4, -0.2) is 27.9 Å². The number of rotatable bonds is 5. The number of hydrogen-bond acceptors (Lipinski definition) is 5. The molecule has 0 N–H and O–H groups in total. The highest BCUT2D eigenvalue weighted by atomic mass is 32.2. The largest absolute Gasteiger partial charge is 0.295 e. The Morgan fingerprint density at radius 1 is 0.949 bits per heavy atom. The molecule has 0 fully saturated rings. The van der Waals surface area contributed by atoms with E-state index in [-0.39, 0.29) is 11.4 Å². The van der Waals surface area contributed by atoms with E-state index in [1.54, 1.807) is 17.0 Å². The van der Waals surface area contributed by atoms with Gasteiger partial charge in [0, 0.05) is 34.3 Å². The highest BCUT2D eigenvalue weighted by molar-refractivity contribution is 7.83. The zero-order valence-corrected chi connectivity index (χ0v) is 22.1. The molecule has 3 aromatic carbocycles. The number of hydrogen-bond donors (Lipinski definition) is 0. The van der Waals surface area contributed by atoms with Crippen LogP contribution in [0.3, 0.4) is 0 Å². The fourth-order valence-electron chi connectivity index (χ4n) is 5.04. The normalized spacial score (nSPS) is 12.3. The van der Waals surface area contributed by atoms with Crippen molar-refractivity contribution in [2.24, 2.45) is 0 Å². The number of pyridine rings is 1. The summed E-state index contributed by atoms with van der Waals surface area (Å²) in [6.45, 7) is 5.82. The molecule has 194 valence electrons. The van der Waals surface area contributed by atoms with E-state index in [9.17, 15) is 14.3 Å². The lowest BCUT2D eigenvalue weighted by Crippen LogP contribution is -2.06. The molecule has 0 aliphatic heterocycles. The second-order valence-corrected chi connectivity index (χ2v) is 10.6. The molecule has 0 aliphatic rings. The van der Waals surface area contributed by atoms with E-state index >= 15 is 4.39 Å². The maximum absolute atomic E-state index is 15.2. The third-order valence-electron chi connectivity index (χ3n) is 6.91. The number of nitro groups is 1. The summed E-state index contributed by atoms with van der Waals surface area (Å²) in [5.74, 6) is -0.724. The maximum atomic E-state index is 15.2. The second kappa shape index (κ2) is 9.25. The van der Waals surface area contributed by atoms with Gasteiger partial charge in [-0.15, -0.1) is 0 Å². The van der Waals surface area contributed by atoms with Gasteiger partial charge in [-0.25, -0.2) is 13.6 Å². The van der Waals surface area contributed by atoms with Crippen molar-refractivity contribution in [3.63, 3.8) is 0 Å². The molecule has 0 aliphatic carbocycles. The lowest BCUT2D eigenvalue weighted by atomic mass is 9.95. The molecule has 0 bridgehead atoms. The van der Waals surface area contributed by atoms with Crippen LogP contribution in [0.2, 0.25) is 0 Å². The van der Waals surface area contributed by atoms with Crippen molar-refractivity contribution in [1.29, 1.82) is 0 Å². The molecule has 3 heterocycles. The van der Waals surface area contributed by atoms with Gasteiger partial charge < -0.3 is 0 Å². The van der Waals surface area contributed by atoms with Gasteiger partial charge >= 0.3 is 0 Å². The summed E-state index contributed by atoms with van der Waals surface area (Å²) in [6.07, 6.45) is 3.33. The van der Waals surface area contributed by atoms with Crippen molar-refractivity contribution in [2.75, 3.05) is 0 Å². The van der Waals surface area contributed by atoms with Crippen molar-refractivity contribution >= 4 is 38.6 Å². The summed E-state index contributed by atoms with van der Waals surface area (Å²) in [4.78, 5) is 15.7. The molecule has 6 aromatic rings. The van der Waals surface area contributed by atoms with Crippen LogP contribution in [0, 0.1) is 36.7 Å². The summed E-state index contributed by atoms with van der Waals surface area (Å²) in [5, 5.41) is 17.3. The lowest BCUT2D eigenvalue weighted by Gasteiger charge is -2.12. The third-order valence-corrected chi connectivity index (χ3v) is 8.19. The van der Waals surface area contributed by atoms with Gasteiger partial charge in [0.05, 0.1) is 33.3 Å². The minimum Gasteiger partial charge on any atom is -0.295 e. The van der Waals surface area contributed by atoms with Gasteiger partial charge in [-0.05, 0) is 68.3 Å². The third kappa shape index (κ3) is 3.91. The minimum atomic E-state index is -1.55. The first-order chi connectivity index (χ1) is 18.8.